The molecule has 1 aromatic heterocycles. The number of nitrogens with zero attached hydrogens (tertiary/aromatic N) is 2. The second-order valence-corrected chi connectivity index (χ2v) is 5.78. The summed E-state index contributed by atoms with van der Waals surface area (Å²) in [6.45, 7) is 0.0423. The SMILES string of the molecule is COc1cc2nc(N[C@@H](CCO)c3ccccc3)nc(N)c2cc1OC. The van der Waals surface area contributed by atoms with Crippen LogP contribution in [-0.2, 0) is 0 Å². The number of methoxy groups -OCH3 is 2. The fourth-order valence-corrected chi connectivity index (χ4v) is 2.84. The highest BCUT2D eigenvalue weighted by atomic mass is 16.5. The lowest BCUT2D eigenvalue weighted by molar-refractivity contribution is 0.280. The van der Waals surface area contributed by atoms with Gasteiger partial charge < -0.3 is 25.6 Å². The van der Waals surface area contributed by atoms with Crippen LogP contribution in [0.5, 0.6) is 11.5 Å². The molecule has 7 heteroatoms. The van der Waals surface area contributed by atoms with Crippen molar-refractivity contribution in [3.63, 3.8) is 0 Å². The summed E-state index contributed by atoms with van der Waals surface area (Å²) in [5.41, 5.74) is 7.81. The van der Waals surface area contributed by atoms with Gasteiger partial charge in [0.1, 0.15) is 5.82 Å². The van der Waals surface area contributed by atoms with E-state index in [4.69, 9.17) is 15.2 Å². The van der Waals surface area contributed by atoms with E-state index in [2.05, 4.69) is 15.3 Å². The van der Waals surface area contributed by atoms with Crippen LogP contribution in [-0.4, -0.2) is 35.9 Å². The van der Waals surface area contributed by atoms with Crippen LogP contribution in [0, 0.1) is 0 Å². The van der Waals surface area contributed by atoms with Gasteiger partial charge in [-0.25, -0.2) is 4.98 Å². The number of ether oxygens (including phenoxy) is 2. The Morgan fingerprint density at radius 3 is 2.42 bits per heavy atom. The van der Waals surface area contributed by atoms with E-state index in [1.54, 1.807) is 26.4 Å². The van der Waals surface area contributed by atoms with Gasteiger partial charge in [-0.1, -0.05) is 30.3 Å². The van der Waals surface area contributed by atoms with Crippen molar-refractivity contribution in [1.29, 1.82) is 0 Å². The first kappa shape index (κ1) is 17.8. The monoisotopic (exact) mass is 354 g/mol. The highest BCUT2D eigenvalue weighted by Crippen LogP contribution is 2.34. The van der Waals surface area contributed by atoms with Crippen LogP contribution in [0.2, 0.25) is 0 Å². The Balaban J connectivity index is 1.99. The van der Waals surface area contributed by atoms with E-state index < -0.39 is 0 Å². The molecule has 3 rings (SSSR count). The Kier molecular flexibility index (Phi) is 5.38. The maximum atomic E-state index is 9.39. The average Bonchev–Trinajstić information content (AvgIpc) is 2.67. The summed E-state index contributed by atoms with van der Waals surface area (Å²) in [5, 5.41) is 13.3. The van der Waals surface area contributed by atoms with Crippen LogP contribution in [0.3, 0.4) is 0 Å². The lowest BCUT2D eigenvalue weighted by atomic mass is 10.0. The standard InChI is InChI=1S/C19H22N4O3/c1-25-16-10-13-15(11-17(16)26-2)22-19(23-18(13)20)21-14(8-9-24)12-6-4-3-5-7-12/h3-7,10-11,14,24H,8-9H2,1-2H3,(H3,20,21,22,23)/t14-/m0/s1. The summed E-state index contributed by atoms with van der Waals surface area (Å²) in [4.78, 5) is 8.91. The highest BCUT2D eigenvalue weighted by Gasteiger charge is 2.15. The predicted molar refractivity (Wildman–Crippen MR) is 102 cm³/mol. The Hall–Kier alpha value is -3.06. The minimum atomic E-state index is -0.127. The van der Waals surface area contributed by atoms with Crippen LogP contribution in [0.25, 0.3) is 10.9 Å². The number of anilines is 2. The van der Waals surface area contributed by atoms with E-state index >= 15 is 0 Å². The van der Waals surface area contributed by atoms with Gasteiger partial charge >= 0.3 is 0 Å². The number of fused-ring (bicyclic) bond motifs is 1. The summed E-state index contributed by atoms with van der Waals surface area (Å²) in [5.74, 6) is 1.87. The molecule has 0 spiro atoms. The molecule has 0 amide bonds. The Morgan fingerprint density at radius 2 is 1.77 bits per heavy atom. The summed E-state index contributed by atoms with van der Waals surface area (Å²) in [6.07, 6.45) is 0.525. The number of nitrogens with two attached hydrogens (primary N) is 1. The topological polar surface area (TPSA) is 103 Å². The summed E-state index contributed by atoms with van der Waals surface area (Å²) in [7, 11) is 3.14. The second-order valence-electron chi connectivity index (χ2n) is 5.78. The Bertz CT molecular complexity index is 887. The first-order chi connectivity index (χ1) is 12.7. The molecule has 0 bridgehead atoms. The lowest BCUT2D eigenvalue weighted by Crippen LogP contribution is -2.15. The molecule has 3 aromatic rings. The molecular formula is C19H22N4O3. The molecule has 1 atom stereocenters. The van der Waals surface area contributed by atoms with Crippen LogP contribution >= 0.6 is 0 Å². The van der Waals surface area contributed by atoms with Crippen molar-refractivity contribution >= 4 is 22.7 Å². The van der Waals surface area contributed by atoms with Crippen molar-refractivity contribution < 1.29 is 14.6 Å². The number of aliphatic hydroxyl groups excluding tert-OH is 1. The number of nitrogens with one attached hydrogen (secondary N) is 1. The van der Waals surface area contributed by atoms with Crippen LogP contribution in [0.4, 0.5) is 11.8 Å². The third-order valence-electron chi connectivity index (χ3n) is 4.15. The van der Waals surface area contributed by atoms with Crippen LogP contribution in [0.1, 0.15) is 18.0 Å². The van der Waals surface area contributed by atoms with Crippen molar-refractivity contribution in [2.24, 2.45) is 0 Å². The van der Waals surface area contributed by atoms with Crippen molar-refractivity contribution in [2.75, 3.05) is 31.9 Å². The first-order valence-corrected chi connectivity index (χ1v) is 8.28. The number of aromatic nitrogens is 2. The van der Waals surface area contributed by atoms with Gasteiger partial charge in [-0.2, -0.15) is 4.98 Å². The van der Waals surface area contributed by atoms with E-state index in [1.165, 1.54) is 0 Å². The number of hydrogen-bond acceptors (Lipinski definition) is 7. The van der Waals surface area contributed by atoms with Crippen molar-refractivity contribution in [2.45, 2.75) is 12.5 Å². The first-order valence-electron chi connectivity index (χ1n) is 8.28. The quantitative estimate of drug-likeness (QED) is 0.599. The molecular weight excluding hydrogens is 332 g/mol. The molecule has 0 unspecified atom stereocenters. The smallest absolute Gasteiger partial charge is 0.225 e. The van der Waals surface area contributed by atoms with Crippen LogP contribution < -0.4 is 20.5 Å². The van der Waals surface area contributed by atoms with E-state index in [0.29, 0.717) is 40.6 Å². The number of rotatable bonds is 7. The predicted octanol–water partition coefficient (Wildman–Crippen LogP) is 2.76. The third kappa shape index (κ3) is 3.62. The van der Waals surface area contributed by atoms with Crippen molar-refractivity contribution in [3.05, 3.63) is 48.0 Å². The van der Waals surface area contributed by atoms with E-state index in [9.17, 15) is 5.11 Å². The zero-order chi connectivity index (χ0) is 18.5. The number of nitrogen functional groups attached to an aromatic ring is 1. The second kappa shape index (κ2) is 7.88. The molecule has 4 N–H and O–H groups in total. The molecule has 1 heterocycles. The molecule has 7 nitrogen and oxygen atoms in total. The highest BCUT2D eigenvalue weighted by molar-refractivity contribution is 5.91. The largest absolute Gasteiger partial charge is 0.493 e. The normalized spacial score (nSPS) is 12.0. The molecule has 2 aromatic carbocycles. The minimum Gasteiger partial charge on any atom is -0.493 e. The molecule has 0 aliphatic rings. The van der Waals surface area contributed by atoms with E-state index in [-0.39, 0.29) is 12.6 Å². The van der Waals surface area contributed by atoms with E-state index in [1.807, 2.05) is 30.3 Å². The molecule has 0 saturated carbocycles. The minimum absolute atomic E-state index is 0.0423. The summed E-state index contributed by atoms with van der Waals surface area (Å²) < 4.78 is 10.6. The Labute approximate surface area is 151 Å². The van der Waals surface area contributed by atoms with Crippen molar-refractivity contribution in [1.82, 2.24) is 9.97 Å². The van der Waals surface area contributed by atoms with Gasteiger partial charge in [0.2, 0.25) is 5.95 Å². The number of benzene rings is 2. The lowest BCUT2D eigenvalue weighted by Gasteiger charge is -2.19. The molecule has 0 radical (unpaired) electrons. The maximum Gasteiger partial charge on any atom is 0.225 e. The van der Waals surface area contributed by atoms with Crippen LogP contribution in [0.15, 0.2) is 42.5 Å². The van der Waals surface area contributed by atoms with Gasteiger partial charge in [0.15, 0.2) is 11.5 Å². The van der Waals surface area contributed by atoms with Gasteiger partial charge in [-0.15, -0.1) is 0 Å². The van der Waals surface area contributed by atoms with Gasteiger partial charge in [-0.05, 0) is 18.1 Å². The molecule has 0 saturated heterocycles. The third-order valence-corrected chi connectivity index (χ3v) is 4.15. The van der Waals surface area contributed by atoms with E-state index in [0.717, 1.165) is 5.56 Å². The number of hydrogen-bond donors (Lipinski definition) is 3. The molecule has 0 fully saturated rings. The molecule has 26 heavy (non-hydrogen) atoms. The number of aliphatic hydroxyl groups is 1. The fourth-order valence-electron chi connectivity index (χ4n) is 2.84. The van der Waals surface area contributed by atoms with Gasteiger partial charge in [-0.3, -0.25) is 0 Å². The average molecular weight is 354 g/mol. The molecule has 136 valence electrons. The summed E-state index contributed by atoms with van der Waals surface area (Å²) in [6, 6.07) is 13.2. The maximum absolute atomic E-state index is 9.39. The van der Waals surface area contributed by atoms with Crippen molar-refractivity contribution in [3.8, 4) is 11.5 Å². The zero-order valence-electron chi connectivity index (χ0n) is 14.8. The zero-order valence-corrected chi connectivity index (χ0v) is 14.8. The molecule has 0 aliphatic carbocycles. The Morgan fingerprint density at radius 1 is 1.08 bits per heavy atom. The van der Waals surface area contributed by atoms with Gasteiger partial charge in [0.05, 0.1) is 25.8 Å². The molecule has 0 aliphatic heterocycles. The van der Waals surface area contributed by atoms with Gasteiger partial charge in [0, 0.05) is 18.1 Å². The van der Waals surface area contributed by atoms with Gasteiger partial charge in [0.25, 0.3) is 0 Å². The summed E-state index contributed by atoms with van der Waals surface area (Å²) >= 11 is 0. The fraction of sp³-hybridized carbons (Fsp3) is 0.263.